The number of nitrogens with zero attached hydrogens (tertiary/aromatic N) is 3. The summed E-state index contributed by atoms with van der Waals surface area (Å²) in [5.74, 6) is -1.13. The standard InChI is InChI=1S/C21H11N3O5S2/c22-11-16-19(25)17(12-23)21(31(28,29)15-9-5-2-6-10-15)18(13-24)20(16)30(26,27)14-7-3-1-4-8-14/h1-10,25H. The number of hydrogen-bond acceptors (Lipinski definition) is 8. The molecule has 0 unspecified atom stereocenters. The van der Waals surface area contributed by atoms with Gasteiger partial charge in [-0.25, -0.2) is 16.8 Å². The van der Waals surface area contributed by atoms with Gasteiger partial charge < -0.3 is 5.11 Å². The Morgan fingerprint density at radius 2 is 0.903 bits per heavy atom. The van der Waals surface area contributed by atoms with E-state index in [-0.39, 0.29) is 9.79 Å². The molecule has 0 saturated carbocycles. The molecule has 10 heteroatoms. The first-order valence-corrected chi connectivity index (χ1v) is 11.4. The minimum absolute atomic E-state index is 0.324. The average Bonchev–Trinajstić information content (AvgIpc) is 2.79. The molecular formula is C21H11N3O5S2. The Morgan fingerprint density at radius 1 is 0.581 bits per heavy atom. The second kappa shape index (κ2) is 7.92. The zero-order valence-electron chi connectivity index (χ0n) is 15.5. The second-order valence-electron chi connectivity index (χ2n) is 6.10. The van der Waals surface area contributed by atoms with E-state index in [0.717, 1.165) is 0 Å². The van der Waals surface area contributed by atoms with Crippen molar-refractivity contribution in [1.82, 2.24) is 0 Å². The summed E-state index contributed by atoms with van der Waals surface area (Å²) in [5.41, 5.74) is -2.69. The fourth-order valence-corrected chi connectivity index (χ4v) is 6.20. The van der Waals surface area contributed by atoms with Gasteiger partial charge in [0.25, 0.3) is 0 Å². The Hall–Kier alpha value is -4.17. The molecule has 0 aromatic heterocycles. The molecule has 0 radical (unpaired) electrons. The van der Waals surface area contributed by atoms with Gasteiger partial charge in [-0.3, -0.25) is 0 Å². The lowest BCUT2D eigenvalue weighted by atomic mass is 10.1. The molecule has 0 aliphatic rings. The number of phenolic OH excluding ortho intramolecular Hbond substituents is 1. The van der Waals surface area contributed by atoms with E-state index >= 15 is 0 Å². The molecule has 0 fully saturated rings. The number of aromatic hydroxyl groups is 1. The zero-order chi connectivity index (χ0) is 22.8. The van der Waals surface area contributed by atoms with Gasteiger partial charge in [0.05, 0.1) is 15.4 Å². The molecular weight excluding hydrogens is 438 g/mol. The summed E-state index contributed by atoms with van der Waals surface area (Å²) in [6.45, 7) is 0. The Labute approximate surface area is 178 Å². The molecule has 3 aromatic rings. The van der Waals surface area contributed by atoms with Crippen molar-refractivity contribution in [2.24, 2.45) is 0 Å². The van der Waals surface area contributed by atoms with Crippen LogP contribution in [0.4, 0.5) is 0 Å². The maximum absolute atomic E-state index is 13.3. The van der Waals surface area contributed by atoms with Gasteiger partial charge in [-0.05, 0) is 24.3 Å². The number of rotatable bonds is 4. The third-order valence-corrected chi connectivity index (χ3v) is 8.04. The SMILES string of the molecule is N#Cc1c(O)c(C#N)c(S(=O)(=O)c2ccccc2)c(C#N)c1S(=O)(=O)c1ccccc1. The lowest BCUT2D eigenvalue weighted by Gasteiger charge is -2.16. The average molecular weight is 449 g/mol. The number of hydrogen-bond donors (Lipinski definition) is 1. The van der Waals surface area contributed by atoms with Crippen molar-refractivity contribution in [2.45, 2.75) is 19.6 Å². The normalized spacial score (nSPS) is 11.1. The Kier molecular flexibility index (Phi) is 5.51. The summed E-state index contributed by atoms with van der Waals surface area (Å²) in [7, 11) is -9.23. The van der Waals surface area contributed by atoms with Crippen LogP contribution in [0.25, 0.3) is 0 Å². The van der Waals surface area contributed by atoms with E-state index < -0.39 is 51.9 Å². The lowest BCUT2D eigenvalue weighted by Crippen LogP contribution is -2.15. The molecule has 0 aliphatic carbocycles. The molecule has 0 spiro atoms. The van der Waals surface area contributed by atoms with E-state index in [1.165, 1.54) is 78.9 Å². The van der Waals surface area contributed by atoms with Crippen molar-refractivity contribution in [3.8, 4) is 24.0 Å². The van der Waals surface area contributed by atoms with Crippen LogP contribution >= 0.6 is 0 Å². The van der Waals surface area contributed by atoms with Crippen molar-refractivity contribution in [2.75, 3.05) is 0 Å². The van der Waals surface area contributed by atoms with Gasteiger partial charge in [-0.1, -0.05) is 36.4 Å². The highest BCUT2D eigenvalue weighted by Gasteiger charge is 2.37. The van der Waals surface area contributed by atoms with Gasteiger partial charge in [0.2, 0.25) is 19.7 Å². The van der Waals surface area contributed by atoms with Crippen molar-refractivity contribution in [1.29, 1.82) is 15.8 Å². The molecule has 0 heterocycles. The van der Waals surface area contributed by atoms with Crippen LogP contribution in [0, 0.1) is 34.0 Å². The predicted octanol–water partition coefficient (Wildman–Crippen LogP) is 2.67. The van der Waals surface area contributed by atoms with Crippen LogP contribution in [0.2, 0.25) is 0 Å². The summed E-state index contributed by atoms with van der Waals surface area (Å²) in [5, 5.41) is 39.3. The summed E-state index contributed by atoms with van der Waals surface area (Å²) in [6, 6.07) is 17.9. The number of nitriles is 3. The van der Waals surface area contributed by atoms with Crippen LogP contribution in [0.1, 0.15) is 16.7 Å². The van der Waals surface area contributed by atoms with Crippen LogP contribution in [0.15, 0.2) is 80.2 Å². The third kappa shape index (κ3) is 3.38. The quantitative estimate of drug-likeness (QED) is 0.636. The minimum Gasteiger partial charge on any atom is -0.505 e. The molecule has 1 N–H and O–H groups in total. The van der Waals surface area contributed by atoms with Gasteiger partial charge in [0, 0.05) is 0 Å². The smallest absolute Gasteiger partial charge is 0.209 e. The molecule has 0 bridgehead atoms. The Bertz CT molecular complexity index is 1420. The largest absolute Gasteiger partial charge is 0.505 e. The molecule has 3 aromatic carbocycles. The first-order chi connectivity index (χ1) is 14.7. The molecule has 8 nitrogen and oxygen atoms in total. The first kappa shape index (κ1) is 21.5. The summed E-state index contributed by atoms with van der Waals surface area (Å²) in [4.78, 5) is -2.60. The van der Waals surface area contributed by atoms with Gasteiger partial charge in [-0.2, -0.15) is 15.8 Å². The Balaban J connectivity index is 2.59. The van der Waals surface area contributed by atoms with Gasteiger partial charge in [-0.15, -0.1) is 0 Å². The fraction of sp³-hybridized carbons (Fsp3) is 0. The van der Waals surface area contributed by atoms with Crippen molar-refractivity contribution in [3.05, 3.63) is 77.4 Å². The highest BCUT2D eigenvalue weighted by atomic mass is 32.2. The Morgan fingerprint density at radius 3 is 1.19 bits per heavy atom. The van der Waals surface area contributed by atoms with Gasteiger partial charge in [0.1, 0.15) is 39.1 Å². The van der Waals surface area contributed by atoms with Crippen molar-refractivity contribution < 1.29 is 21.9 Å². The van der Waals surface area contributed by atoms with E-state index in [1.54, 1.807) is 0 Å². The van der Waals surface area contributed by atoms with E-state index in [4.69, 9.17) is 0 Å². The highest BCUT2D eigenvalue weighted by molar-refractivity contribution is 7.92. The lowest BCUT2D eigenvalue weighted by molar-refractivity contribution is 0.466. The maximum atomic E-state index is 13.3. The van der Waals surface area contributed by atoms with E-state index in [1.807, 2.05) is 0 Å². The summed E-state index contributed by atoms with van der Waals surface area (Å²) < 4.78 is 53.1. The second-order valence-corrected chi connectivity index (χ2v) is 9.87. The topological polar surface area (TPSA) is 160 Å². The van der Waals surface area contributed by atoms with Crippen molar-refractivity contribution >= 4 is 19.7 Å². The van der Waals surface area contributed by atoms with Crippen LogP contribution < -0.4 is 0 Å². The molecule has 152 valence electrons. The predicted molar refractivity (Wildman–Crippen MR) is 106 cm³/mol. The summed E-state index contributed by atoms with van der Waals surface area (Å²) in [6.07, 6.45) is 0. The zero-order valence-corrected chi connectivity index (χ0v) is 17.1. The number of sulfone groups is 2. The fourth-order valence-electron chi connectivity index (χ4n) is 2.97. The van der Waals surface area contributed by atoms with Gasteiger partial charge in [0.15, 0.2) is 5.75 Å². The van der Waals surface area contributed by atoms with E-state index in [0.29, 0.717) is 0 Å². The molecule has 0 amide bonds. The van der Waals surface area contributed by atoms with Crippen LogP contribution in [0.5, 0.6) is 5.75 Å². The number of phenols is 1. The monoisotopic (exact) mass is 449 g/mol. The van der Waals surface area contributed by atoms with Crippen LogP contribution in [0.3, 0.4) is 0 Å². The minimum atomic E-state index is -4.62. The summed E-state index contributed by atoms with van der Waals surface area (Å²) >= 11 is 0. The molecule has 3 rings (SSSR count). The molecule has 31 heavy (non-hydrogen) atoms. The van der Waals surface area contributed by atoms with Crippen LogP contribution in [-0.4, -0.2) is 21.9 Å². The molecule has 0 atom stereocenters. The first-order valence-electron chi connectivity index (χ1n) is 8.45. The third-order valence-electron chi connectivity index (χ3n) is 4.36. The van der Waals surface area contributed by atoms with E-state index in [2.05, 4.69) is 0 Å². The van der Waals surface area contributed by atoms with Gasteiger partial charge >= 0.3 is 0 Å². The van der Waals surface area contributed by atoms with Crippen LogP contribution in [-0.2, 0) is 19.7 Å². The van der Waals surface area contributed by atoms with Crippen molar-refractivity contribution in [3.63, 3.8) is 0 Å². The van der Waals surface area contributed by atoms with E-state index in [9.17, 15) is 37.7 Å². The highest BCUT2D eigenvalue weighted by Crippen LogP contribution is 2.41. The maximum Gasteiger partial charge on any atom is 0.209 e. The molecule has 0 aliphatic heterocycles. The number of benzene rings is 3. The molecule has 0 saturated heterocycles.